The summed E-state index contributed by atoms with van der Waals surface area (Å²) in [6.45, 7) is -0.419. The fourth-order valence-electron chi connectivity index (χ4n) is 2.74. The van der Waals surface area contributed by atoms with Gasteiger partial charge in [-0.15, -0.1) is 11.3 Å². The molecule has 3 rings (SSSR count). The molecule has 30 heavy (non-hydrogen) atoms. The highest BCUT2D eigenvalue weighted by atomic mass is 32.1. The Morgan fingerprint density at radius 2 is 1.60 bits per heavy atom. The quantitative estimate of drug-likeness (QED) is 0.461. The molecule has 8 heteroatoms. The van der Waals surface area contributed by atoms with Gasteiger partial charge in [-0.2, -0.15) is 13.2 Å². The fourth-order valence-corrected chi connectivity index (χ4v) is 3.72. The molecule has 3 aromatic rings. The largest absolute Gasteiger partial charge is 0.482 e. The molecule has 0 amide bonds. The predicted molar refractivity (Wildman–Crippen MR) is 107 cm³/mol. The van der Waals surface area contributed by atoms with E-state index in [1.165, 1.54) is 23.5 Å². The first kappa shape index (κ1) is 21.6. The third-order valence-corrected chi connectivity index (χ3v) is 5.48. The highest BCUT2D eigenvalue weighted by Gasteiger charge is 2.30. The van der Waals surface area contributed by atoms with Crippen LogP contribution in [0, 0.1) is 0 Å². The number of Topliss-reactive ketones (excluding diaryl/α,β-unsaturated/α-hetero) is 1. The van der Waals surface area contributed by atoms with E-state index in [1.807, 2.05) is 0 Å². The number of benzene rings is 2. The number of aliphatic carboxylic acids is 1. The maximum atomic E-state index is 12.7. The molecule has 0 radical (unpaired) electrons. The van der Waals surface area contributed by atoms with E-state index < -0.39 is 24.3 Å². The Balaban J connectivity index is 1.58. The number of carboxylic acid groups (broad SMARTS) is 1. The minimum atomic E-state index is -4.38. The molecule has 0 unspecified atom stereocenters. The van der Waals surface area contributed by atoms with Crippen molar-refractivity contribution in [1.82, 2.24) is 0 Å². The molecule has 0 aliphatic rings. The first-order chi connectivity index (χ1) is 14.2. The van der Waals surface area contributed by atoms with Crippen molar-refractivity contribution in [1.29, 1.82) is 0 Å². The van der Waals surface area contributed by atoms with Gasteiger partial charge in [0, 0.05) is 11.3 Å². The summed E-state index contributed by atoms with van der Waals surface area (Å²) >= 11 is 1.25. The number of aryl methyl sites for hydroxylation is 1. The SMILES string of the molecule is O=C(O)COc1ccc(CCC(=O)c2ccc(-c3ccc(C(F)(F)F)cc3)s2)cc1. The van der Waals surface area contributed by atoms with Crippen molar-refractivity contribution in [2.24, 2.45) is 0 Å². The second-order valence-corrected chi connectivity index (χ2v) is 7.57. The summed E-state index contributed by atoms with van der Waals surface area (Å²) in [6, 6.07) is 15.1. The van der Waals surface area contributed by atoms with E-state index in [0.29, 0.717) is 22.6 Å². The maximum Gasteiger partial charge on any atom is 0.416 e. The molecule has 156 valence electrons. The van der Waals surface area contributed by atoms with Gasteiger partial charge in [0.15, 0.2) is 12.4 Å². The zero-order valence-electron chi connectivity index (χ0n) is 15.6. The summed E-state index contributed by atoms with van der Waals surface area (Å²) in [4.78, 5) is 24.2. The van der Waals surface area contributed by atoms with Crippen molar-refractivity contribution < 1.29 is 32.6 Å². The number of ether oxygens (including phenoxy) is 1. The van der Waals surface area contributed by atoms with Gasteiger partial charge in [0.1, 0.15) is 5.75 Å². The Labute approximate surface area is 174 Å². The lowest BCUT2D eigenvalue weighted by Crippen LogP contribution is -2.09. The van der Waals surface area contributed by atoms with Crippen molar-refractivity contribution in [2.75, 3.05) is 6.61 Å². The average Bonchev–Trinajstić information content (AvgIpc) is 3.21. The second kappa shape index (κ2) is 9.13. The molecule has 1 heterocycles. The molecule has 2 aromatic carbocycles. The Hall–Kier alpha value is -3.13. The number of halogens is 3. The predicted octanol–water partition coefficient (Wildman–Crippen LogP) is 5.71. The second-order valence-electron chi connectivity index (χ2n) is 6.49. The molecule has 0 bridgehead atoms. The van der Waals surface area contributed by atoms with E-state index in [9.17, 15) is 22.8 Å². The van der Waals surface area contributed by atoms with Crippen molar-refractivity contribution >= 4 is 23.1 Å². The molecule has 4 nitrogen and oxygen atoms in total. The van der Waals surface area contributed by atoms with Gasteiger partial charge >= 0.3 is 12.1 Å². The van der Waals surface area contributed by atoms with Gasteiger partial charge in [-0.25, -0.2) is 4.79 Å². The van der Waals surface area contributed by atoms with Gasteiger partial charge in [0.05, 0.1) is 10.4 Å². The lowest BCUT2D eigenvalue weighted by atomic mass is 10.1. The third-order valence-electron chi connectivity index (χ3n) is 4.30. The van der Waals surface area contributed by atoms with Crippen LogP contribution in [0.15, 0.2) is 60.7 Å². The summed E-state index contributed by atoms with van der Waals surface area (Å²) < 4.78 is 43.1. The zero-order chi connectivity index (χ0) is 21.7. The first-order valence-electron chi connectivity index (χ1n) is 8.96. The van der Waals surface area contributed by atoms with Gasteiger partial charge < -0.3 is 9.84 Å². The molecule has 0 fully saturated rings. The van der Waals surface area contributed by atoms with Crippen LogP contribution in [0.1, 0.15) is 27.2 Å². The lowest BCUT2D eigenvalue weighted by Gasteiger charge is -2.06. The molecular formula is C22H17F3O4S. The highest BCUT2D eigenvalue weighted by Crippen LogP contribution is 2.33. The summed E-state index contributed by atoms with van der Waals surface area (Å²) in [5.41, 5.74) is 0.827. The van der Waals surface area contributed by atoms with E-state index in [4.69, 9.17) is 9.84 Å². The van der Waals surface area contributed by atoms with Gasteiger partial charge in [-0.1, -0.05) is 24.3 Å². The Morgan fingerprint density at radius 1 is 0.933 bits per heavy atom. The van der Waals surface area contributed by atoms with Crippen molar-refractivity contribution in [3.63, 3.8) is 0 Å². The van der Waals surface area contributed by atoms with Gasteiger partial charge in [-0.05, 0) is 53.9 Å². The van der Waals surface area contributed by atoms with Crippen LogP contribution in [-0.4, -0.2) is 23.5 Å². The van der Waals surface area contributed by atoms with Crippen LogP contribution in [0.2, 0.25) is 0 Å². The van der Waals surface area contributed by atoms with Crippen LogP contribution in [0.5, 0.6) is 5.75 Å². The Morgan fingerprint density at radius 3 is 2.20 bits per heavy atom. The van der Waals surface area contributed by atoms with Crippen LogP contribution >= 0.6 is 11.3 Å². The zero-order valence-corrected chi connectivity index (χ0v) is 16.4. The summed E-state index contributed by atoms with van der Waals surface area (Å²) in [7, 11) is 0. The smallest absolute Gasteiger partial charge is 0.416 e. The molecule has 0 aliphatic carbocycles. The summed E-state index contributed by atoms with van der Waals surface area (Å²) in [6.07, 6.45) is -3.59. The number of alkyl halides is 3. The van der Waals surface area contributed by atoms with Crippen molar-refractivity contribution in [2.45, 2.75) is 19.0 Å². The van der Waals surface area contributed by atoms with E-state index >= 15 is 0 Å². The average molecular weight is 434 g/mol. The van der Waals surface area contributed by atoms with Crippen LogP contribution in [0.4, 0.5) is 13.2 Å². The lowest BCUT2D eigenvalue weighted by molar-refractivity contribution is -0.139. The number of ketones is 1. The number of hydrogen-bond acceptors (Lipinski definition) is 4. The van der Waals surface area contributed by atoms with Gasteiger partial charge in [0.2, 0.25) is 0 Å². The van der Waals surface area contributed by atoms with E-state index in [0.717, 1.165) is 22.6 Å². The van der Waals surface area contributed by atoms with E-state index in [2.05, 4.69) is 0 Å². The highest BCUT2D eigenvalue weighted by molar-refractivity contribution is 7.17. The van der Waals surface area contributed by atoms with Crippen LogP contribution in [0.3, 0.4) is 0 Å². The topological polar surface area (TPSA) is 63.6 Å². The minimum Gasteiger partial charge on any atom is -0.482 e. The van der Waals surface area contributed by atoms with E-state index in [1.54, 1.807) is 36.4 Å². The van der Waals surface area contributed by atoms with Crippen molar-refractivity contribution in [3.05, 3.63) is 76.7 Å². The maximum absolute atomic E-state index is 12.7. The Bertz CT molecular complexity index is 1020. The molecule has 0 saturated heterocycles. The number of rotatable bonds is 8. The number of carbonyl (C=O) groups is 2. The van der Waals surface area contributed by atoms with Crippen LogP contribution in [0.25, 0.3) is 10.4 Å². The van der Waals surface area contributed by atoms with Crippen molar-refractivity contribution in [3.8, 4) is 16.2 Å². The summed E-state index contributed by atoms with van der Waals surface area (Å²) in [5, 5.41) is 8.60. The number of hydrogen-bond donors (Lipinski definition) is 1. The molecule has 0 saturated carbocycles. The molecule has 0 atom stereocenters. The minimum absolute atomic E-state index is 0.0515. The normalized spacial score (nSPS) is 11.3. The number of carbonyl (C=O) groups excluding carboxylic acids is 1. The molecular weight excluding hydrogens is 417 g/mol. The van der Waals surface area contributed by atoms with Crippen LogP contribution in [-0.2, 0) is 17.4 Å². The van der Waals surface area contributed by atoms with Gasteiger partial charge in [0.25, 0.3) is 0 Å². The number of thiophene rings is 1. The van der Waals surface area contributed by atoms with E-state index in [-0.39, 0.29) is 12.2 Å². The fraction of sp³-hybridized carbons (Fsp3) is 0.182. The molecule has 1 aromatic heterocycles. The number of carboxylic acids is 1. The molecule has 0 aliphatic heterocycles. The monoisotopic (exact) mass is 434 g/mol. The molecule has 0 spiro atoms. The Kier molecular flexibility index (Phi) is 6.56. The third kappa shape index (κ3) is 5.70. The standard InChI is InChI=1S/C22H17F3O4S/c23-22(24,25)16-6-4-15(5-7-16)19-11-12-20(30-19)18(26)10-3-14-1-8-17(9-2-14)29-13-21(27)28/h1-2,4-9,11-12H,3,10,13H2,(H,27,28). The first-order valence-corrected chi connectivity index (χ1v) is 9.78. The van der Waals surface area contributed by atoms with Crippen LogP contribution < -0.4 is 4.74 Å². The summed E-state index contributed by atoms with van der Waals surface area (Å²) in [5.74, 6) is -0.674. The molecule has 1 N–H and O–H groups in total. The van der Waals surface area contributed by atoms with Gasteiger partial charge in [-0.3, -0.25) is 4.79 Å².